The Morgan fingerprint density at radius 1 is 0.818 bits per heavy atom. The Hall–Kier alpha value is -3.28. The number of carbonyl (C=O) groups is 2. The highest BCUT2D eigenvalue weighted by Crippen LogP contribution is 2.15. The third-order valence-corrected chi connectivity index (χ3v) is 5.19. The first-order chi connectivity index (χ1) is 16.0. The van der Waals surface area contributed by atoms with Crippen LogP contribution in [-0.2, 0) is 20.7 Å². The summed E-state index contributed by atoms with van der Waals surface area (Å²) in [5, 5.41) is 0. The second-order valence-electron chi connectivity index (χ2n) is 8.14. The molecule has 0 aliphatic rings. The molecule has 6 heteroatoms. The third kappa shape index (κ3) is 10.7. The lowest BCUT2D eigenvalue weighted by Gasteiger charge is -2.07. The molecule has 0 aliphatic carbocycles. The Balaban J connectivity index is 1.53. The highest BCUT2D eigenvalue weighted by Gasteiger charge is 2.08. The molecule has 4 N–H and O–H groups in total. The first-order valence-electron chi connectivity index (χ1n) is 11.7. The monoisotopic (exact) mass is 452 g/mol. The van der Waals surface area contributed by atoms with Crippen LogP contribution in [0.25, 0.3) is 6.08 Å². The van der Waals surface area contributed by atoms with E-state index in [0.717, 1.165) is 37.7 Å². The maximum absolute atomic E-state index is 12.0. The number of esters is 2. The average Bonchev–Trinajstić information content (AvgIpc) is 2.79. The van der Waals surface area contributed by atoms with Crippen LogP contribution in [0.3, 0.4) is 0 Å². The fourth-order valence-corrected chi connectivity index (χ4v) is 3.36. The Morgan fingerprint density at radius 3 is 2.09 bits per heavy atom. The molecule has 178 valence electrons. The molecule has 0 aliphatic heterocycles. The van der Waals surface area contributed by atoms with Crippen molar-refractivity contribution in [3.05, 3.63) is 65.2 Å². The van der Waals surface area contributed by atoms with Crippen LogP contribution in [0.5, 0.6) is 0 Å². The topological polar surface area (TPSA) is 105 Å². The van der Waals surface area contributed by atoms with E-state index in [0.29, 0.717) is 30.2 Å². The van der Waals surface area contributed by atoms with Crippen LogP contribution in [0, 0.1) is 0 Å². The Kier molecular flexibility index (Phi) is 11.6. The van der Waals surface area contributed by atoms with Crippen molar-refractivity contribution in [2.24, 2.45) is 0 Å². The number of aryl methyl sites for hydroxylation is 1. The van der Waals surface area contributed by atoms with Crippen LogP contribution in [0.2, 0.25) is 0 Å². The van der Waals surface area contributed by atoms with Gasteiger partial charge in [0.15, 0.2) is 0 Å². The van der Waals surface area contributed by atoms with Crippen molar-refractivity contribution in [2.45, 2.75) is 58.3 Å². The second kappa shape index (κ2) is 14.7. The first kappa shape index (κ1) is 26.0. The van der Waals surface area contributed by atoms with Crippen molar-refractivity contribution in [3.8, 4) is 0 Å². The van der Waals surface area contributed by atoms with Gasteiger partial charge in [0.1, 0.15) is 0 Å². The van der Waals surface area contributed by atoms with Crippen molar-refractivity contribution < 1.29 is 19.1 Å². The summed E-state index contributed by atoms with van der Waals surface area (Å²) in [4.78, 5) is 23.9. The number of anilines is 2. The Morgan fingerprint density at radius 2 is 1.45 bits per heavy atom. The standard InChI is InChI=1S/C27H36N2O4/c1-2-3-6-9-21-10-12-22(13-11-21)14-15-26(30)32-16-7-4-5-8-17-33-27(31)23-18-24(28)20-25(29)19-23/h10-15,18-20H,2-9,16-17,28-29H2,1H3. The van der Waals surface area contributed by atoms with Gasteiger partial charge in [-0.05, 0) is 73.9 Å². The van der Waals surface area contributed by atoms with Gasteiger partial charge in [-0.15, -0.1) is 0 Å². The summed E-state index contributed by atoms with van der Waals surface area (Å²) in [7, 11) is 0. The van der Waals surface area contributed by atoms with Gasteiger partial charge in [-0.3, -0.25) is 0 Å². The highest BCUT2D eigenvalue weighted by molar-refractivity contribution is 5.91. The van der Waals surface area contributed by atoms with E-state index >= 15 is 0 Å². The van der Waals surface area contributed by atoms with E-state index in [9.17, 15) is 9.59 Å². The van der Waals surface area contributed by atoms with Crippen LogP contribution in [0.4, 0.5) is 11.4 Å². The van der Waals surface area contributed by atoms with Gasteiger partial charge in [0.2, 0.25) is 0 Å². The molecule has 0 saturated carbocycles. The lowest BCUT2D eigenvalue weighted by Crippen LogP contribution is -2.08. The van der Waals surface area contributed by atoms with E-state index in [1.165, 1.54) is 30.9 Å². The van der Waals surface area contributed by atoms with Gasteiger partial charge in [0, 0.05) is 17.5 Å². The normalized spacial score (nSPS) is 10.9. The summed E-state index contributed by atoms with van der Waals surface area (Å²) in [6.45, 7) is 2.91. The molecule has 33 heavy (non-hydrogen) atoms. The average molecular weight is 453 g/mol. The molecule has 0 spiro atoms. The van der Waals surface area contributed by atoms with Crippen LogP contribution in [0.1, 0.15) is 73.4 Å². The van der Waals surface area contributed by atoms with E-state index in [2.05, 4.69) is 19.1 Å². The molecule has 0 radical (unpaired) electrons. The smallest absolute Gasteiger partial charge is 0.338 e. The van der Waals surface area contributed by atoms with Gasteiger partial charge < -0.3 is 20.9 Å². The molecule has 0 saturated heterocycles. The van der Waals surface area contributed by atoms with Gasteiger partial charge in [0.25, 0.3) is 0 Å². The van der Waals surface area contributed by atoms with E-state index < -0.39 is 5.97 Å². The molecule has 0 amide bonds. The van der Waals surface area contributed by atoms with Crippen LogP contribution >= 0.6 is 0 Å². The highest BCUT2D eigenvalue weighted by atomic mass is 16.5. The van der Waals surface area contributed by atoms with Crippen molar-refractivity contribution in [1.29, 1.82) is 0 Å². The predicted octanol–water partition coefficient (Wildman–Crippen LogP) is 5.56. The van der Waals surface area contributed by atoms with E-state index in [1.54, 1.807) is 24.3 Å². The first-order valence-corrected chi connectivity index (χ1v) is 11.7. The Labute approximate surface area is 197 Å². The van der Waals surface area contributed by atoms with Gasteiger partial charge in [-0.25, -0.2) is 9.59 Å². The number of carbonyl (C=O) groups excluding carboxylic acids is 2. The number of rotatable bonds is 14. The molecule has 2 aromatic carbocycles. The van der Waals surface area contributed by atoms with Crippen LogP contribution in [0.15, 0.2) is 48.5 Å². The minimum atomic E-state index is -0.430. The molecular formula is C27H36N2O4. The van der Waals surface area contributed by atoms with Gasteiger partial charge in [-0.2, -0.15) is 0 Å². The summed E-state index contributed by atoms with van der Waals surface area (Å²) in [5.74, 6) is -0.766. The zero-order chi connectivity index (χ0) is 23.9. The van der Waals surface area contributed by atoms with Crippen molar-refractivity contribution in [3.63, 3.8) is 0 Å². The van der Waals surface area contributed by atoms with Crippen LogP contribution < -0.4 is 11.5 Å². The minimum Gasteiger partial charge on any atom is -0.463 e. The van der Waals surface area contributed by atoms with Gasteiger partial charge in [0.05, 0.1) is 18.8 Å². The summed E-state index contributed by atoms with van der Waals surface area (Å²) < 4.78 is 10.5. The molecule has 0 bridgehead atoms. The summed E-state index contributed by atoms with van der Waals surface area (Å²) in [6, 6.07) is 13.0. The molecule has 2 rings (SSSR count). The number of nitrogens with two attached hydrogens (primary N) is 2. The number of unbranched alkanes of at least 4 members (excludes halogenated alkanes) is 5. The summed E-state index contributed by atoms with van der Waals surface area (Å²) in [5.41, 5.74) is 14.9. The summed E-state index contributed by atoms with van der Waals surface area (Å²) in [6.07, 6.45) is 11.3. The SMILES string of the molecule is CCCCCc1ccc(C=CC(=O)OCCCCCCOC(=O)c2cc(N)cc(N)c2)cc1. The van der Waals surface area contributed by atoms with Gasteiger partial charge in [-0.1, -0.05) is 44.0 Å². The third-order valence-electron chi connectivity index (χ3n) is 5.19. The lowest BCUT2D eigenvalue weighted by atomic mass is 10.1. The molecule has 0 fully saturated rings. The summed E-state index contributed by atoms with van der Waals surface area (Å²) >= 11 is 0. The zero-order valence-corrected chi connectivity index (χ0v) is 19.6. The Bertz CT molecular complexity index is 887. The maximum atomic E-state index is 12.0. The van der Waals surface area contributed by atoms with Crippen molar-refractivity contribution in [1.82, 2.24) is 0 Å². The molecule has 0 atom stereocenters. The van der Waals surface area contributed by atoms with Crippen LogP contribution in [-0.4, -0.2) is 25.2 Å². The largest absolute Gasteiger partial charge is 0.463 e. The maximum Gasteiger partial charge on any atom is 0.338 e. The lowest BCUT2D eigenvalue weighted by molar-refractivity contribution is -0.137. The fourth-order valence-electron chi connectivity index (χ4n) is 3.36. The van der Waals surface area contributed by atoms with Crippen molar-refractivity contribution in [2.75, 3.05) is 24.7 Å². The minimum absolute atomic E-state index is 0.327. The molecule has 0 unspecified atom stereocenters. The van der Waals surface area contributed by atoms with Crippen molar-refractivity contribution >= 4 is 29.4 Å². The fraction of sp³-hybridized carbons (Fsp3) is 0.407. The molecule has 6 nitrogen and oxygen atoms in total. The zero-order valence-electron chi connectivity index (χ0n) is 19.6. The predicted molar refractivity (Wildman–Crippen MR) is 134 cm³/mol. The molecule has 0 aromatic heterocycles. The van der Waals surface area contributed by atoms with E-state index in [4.69, 9.17) is 20.9 Å². The number of hydrogen-bond donors (Lipinski definition) is 2. The number of nitrogen functional groups attached to an aromatic ring is 2. The number of benzene rings is 2. The molecule has 0 heterocycles. The van der Waals surface area contributed by atoms with E-state index in [-0.39, 0.29) is 5.97 Å². The quantitative estimate of drug-likeness (QED) is 0.168. The second-order valence-corrected chi connectivity index (χ2v) is 8.14. The number of ether oxygens (including phenoxy) is 2. The van der Waals surface area contributed by atoms with E-state index in [1.807, 2.05) is 12.1 Å². The van der Waals surface area contributed by atoms with Gasteiger partial charge >= 0.3 is 11.9 Å². The molecular weight excluding hydrogens is 416 g/mol. The number of hydrogen-bond acceptors (Lipinski definition) is 6. The molecule has 2 aromatic rings.